The van der Waals surface area contributed by atoms with Gasteiger partial charge >= 0.3 is 0 Å². The minimum atomic E-state index is -0.157. The van der Waals surface area contributed by atoms with E-state index in [2.05, 4.69) is 31.7 Å². The van der Waals surface area contributed by atoms with Crippen molar-refractivity contribution in [3.63, 3.8) is 0 Å². The lowest BCUT2D eigenvalue weighted by molar-refractivity contribution is -0.111. The highest BCUT2D eigenvalue weighted by atomic mass is 16.5. The van der Waals surface area contributed by atoms with E-state index in [9.17, 15) is 4.79 Å². The molecule has 1 amide bonds. The molecule has 9 nitrogen and oxygen atoms in total. The second-order valence-corrected chi connectivity index (χ2v) is 8.21. The largest absolute Gasteiger partial charge is 0.378 e. The summed E-state index contributed by atoms with van der Waals surface area (Å²) in [6, 6.07) is 15.9. The molecule has 0 unspecified atom stereocenters. The molecule has 1 saturated heterocycles. The van der Waals surface area contributed by atoms with E-state index in [1.54, 1.807) is 18.5 Å². The third-order valence-corrected chi connectivity index (χ3v) is 5.72. The minimum absolute atomic E-state index is 0.157. The number of aromatic nitrogens is 4. The van der Waals surface area contributed by atoms with Gasteiger partial charge in [-0.15, -0.1) is 0 Å². The molecule has 0 bridgehead atoms. The van der Waals surface area contributed by atoms with Gasteiger partial charge in [-0.2, -0.15) is 10.1 Å². The van der Waals surface area contributed by atoms with Crippen LogP contribution in [0.3, 0.4) is 0 Å². The van der Waals surface area contributed by atoms with E-state index in [1.807, 2.05) is 54.1 Å². The van der Waals surface area contributed by atoms with E-state index in [-0.39, 0.29) is 5.91 Å². The number of rotatable bonds is 7. The van der Waals surface area contributed by atoms with Crippen molar-refractivity contribution in [2.45, 2.75) is 13.5 Å². The molecule has 1 aliphatic rings. The van der Waals surface area contributed by atoms with Gasteiger partial charge in [0.05, 0.1) is 42.7 Å². The summed E-state index contributed by atoms with van der Waals surface area (Å²) in [5.41, 5.74) is 4.52. The number of carbonyl (C=O) groups is 1. The Morgan fingerprint density at radius 2 is 1.97 bits per heavy atom. The van der Waals surface area contributed by atoms with Crippen LogP contribution < -0.4 is 15.5 Å². The fourth-order valence-corrected chi connectivity index (χ4v) is 4.08. The van der Waals surface area contributed by atoms with Crippen molar-refractivity contribution in [2.75, 3.05) is 41.8 Å². The molecule has 2 aromatic carbocycles. The third-order valence-electron chi connectivity index (χ3n) is 5.72. The van der Waals surface area contributed by atoms with Gasteiger partial charge in [0.2, 0.25) is 11.9 Å². The predicted octanol–water partition coefficient (Wildman–Crippen LogP) is 3.97. The molecular formula is C26H27N7O2. The molecule has 5 rings (SSSR count). The highest BCUT2D eigenvalue weighted by Crippen LogP contribution is 2.28. The molecular weight excluding hydrogens is 442 g/mol. The molecule has 0 spiro atoms. The second-order valence-electron chi connectivity index (χ2n) is 8.21. The Balaban J connectivity index is 1.37. The lowest BCUT2D eigenvalue weighted by Gasteiger charge is -2.30. The van der Waals surface area contributed by atoms with E-state index in [1.165, 1.54) is 6.08 Å². The fraction of sp³-hybridized carbons (Fsp3) is 0.231. The number of allylic oxidation sites excluding steroid dienone is 1. The zero-order valence-electron chi connectivity index (χ0n) is 19.5. The zero-order valence-corrected chi connectivity index (χ0v) is 19.5. The van der Waals surface area contributed by atoms with Crippen LogP contribution in [0.4, 0.5) is 23.0 Å². The van der Waals surface area contributed by atoms with E-state index >= 15 is 0 Å². The van der Waals surface area contributed by atoms with Gasteiger partial charge in [-0.1, -0.05) is 30.3 Å². The number of ether oxygens (including phenoxy) is 1. The molecule has 1 aliphatic heterocycles. The van der Waals surface area contributed by atoms with Gasteiger partial charge in [-0.25, -0.2) is 9.67 Å². The van der Waals surface area contributed by atoms with Crippen molar-refractivity contribution >= 4 is 40.0 Å². The van der Waals surface area contributed by atoms with E-state index < -0.39 is 0 Å². The molecule has 2 aromatic heterocycles. The normalized spacial score (nSPS) is 13.9. The van der Waals surface area contributed by atoms with Gasteiger partial charge in [0.25, 0.3) is 0 Å². The van der Waals surface area contributed by atoms with Gasteiger partial charge in [0.15, 0.2) is 5.65 Å². The van der Waals surface area contributed by atoms with Crippen LogP contribution in [0, 0.1) is 0 Å². The number of fused-ring (bicyclic) bond motifs is 1. The summed E-state index contributed by atoms with van der Waals surface area (Å²) < 4.78 is 7.33. The minimum Gasteiger partial charge on any atom is -0.378 e. The maximum absolute atomic E-state index is 11.9. The summed E-state index contributed by atoms with van der Waals surface area (Å²) in [5, 5.41) is 11.6. The average Bonchev–Trinajstić information content (AvgIpc) is 3.27. The molecule has 4 aromatic rings. The number of anilines is 4. The summed E-state index contributed by atoms with van der Waals surface area (Å²) in [4.78, 5) is 23.4. The van der Waals surface area contributed by atoms with Crippen molar-refractivity contribution in [3.05, 3.63) is 78.6 Å². The van der Waals surface area contributed by atoms with Gasteiger partial charge in [-0.3, -0.25) is 4.79 Å². The number of benzene rings is 2. The Hall–Kier alpha value is -4.24. The Morgan fingerprint density at radius 1 is 1.11 bits per heavy atom. The number of morpholine rings is 1. The maximum Gasteiger partial charge on any atom is 0.248 e. The number of para-hydroxylation sites is 2. The Bertz CT molecular complexity index is 1360. The molecule has 3 heterocycles. The smallest absolute Gasteiger partial charge is 0.248 e. The highest BCUT2D eigenvalue weighted by Gasteiger charge is 2.16. The summed E-state index contributed by atoms with van der Waals surface area (Å²) in [7, 11) is 0. The highest BCUT2D eigenvalue weighted by molar-refractivity contribution is 5.99. The summed E-state index contributed by atoms with van der Waals surface area (Å²) in [5.74, 6) is 0.349. The lowest BCUT2D eigenvalue weighted by atomic mass is 10.2. The fourth-order valence-electron chi connectivity index (χ4n) is 4.08. The molecule has 0 radical (unpaired) electrons. The Kier molecular flexibility index (Phi) is 6.67. The second kappa shape index (κ2) is 10.4. The Morgan fingerprint density at radius 3 is 2.83 bits per heavy atom. The SMILES string of the molecule is CC=CC(=O)Nc1cccc(Cn2ncc3cnc(Nc4ccccc4N4CCOCC4)nc32)c1. The van der Waals surface area contributed by atoms with E-state index in [0.29, 0.717) is 12.5 Å². The van der Waals surface area contributed by atoms with Crippen LogP contribution in [0.25, 0.3) is 11.0 Å². The molecule has 35 heavy (non-hydrogen) atoms. The van der Waals surface area contributed by atoms with Crippen LogP contribution in [-0.2, 0) is 16.1 Å². The van der Waals surface area contributed by atoms with Crippen LogP contribution in [-0.4, -0.2) is 52.0 Å². The number of nitrogens with one attached hydrogen (secondary N) is 2. The monoisotopic (exact) mass is 469 g/mol. The summed E-state index contributed by atoms with van der Waals surface area (Å²) >= 11 is 0. The molecule has 1 fully saturated rings. The quantitative estimate of drug-likeness (QED) is 0.395. The van der Waals surface area contributed by atoms with Crippen molar-refractivity contribution in [1.82, 2.24) is 19.7 Å². The first kappa shape index (κ1) is 22.5. The van der Waals surface area contributed by atoms with E-state index in [4.69, 9.17) is 9.72 Å². The standard InChI is InChI=1S/C26H27N7O2/c1-2-6-24(34)29-21-8-5-7-19(15-21)18-33-25-20(17-28-33)16-27-26(31-25)30-22-9-3-4-10-23(22)32-11-13-35-14-12-32/h2-10,15-17H,11-14,18H2,1H3,(H,29,34)(H,27,30,31). The van der Waals surface area contributed by atoms with Crippen LogP contribution in [0.2, 0.25) is 0 Å². The molecule has 0 atom stereocenters. The van der Waals surface area contributed by atoms with Crippen molar-refractivity contribution in [3.8, 4) is 0 Å². The Labute approximate surface area is 203 Å². The summed E-state index contributed by atoms with van der Waals surface area (Å²) in [6.07, 6.45) is 6.74. The molecule has 9 heteroatoms. The predicted molar refractivity (Wildman–Crippen MR) is 137 cm³/mol. The molecule has 2 N–H and O–H groups in total. The first-order valence-corrected chi connectivity index (χ1v) is 11.6. The molecule has 0 aliphatic carbocycles. The average molecular weight is 470 g/mol. The van der Waals surface area contributed by atoms with Crippen LogP contribution in [0.5, 0.6) is 0 Å². The van der Waals surface area contributed by atoms with Gasteiger partial charge in [0, 0.05) is 25.0 Å². The van der Waals surface area contributed by atoms with Gasteiger partial charge in [-0.05, 0) is 42.8 Å². The first-order valence-electron chi connectivity index (χ1n) is 11.6. The van der Waals surface area contributed by atoms with Gasteiger partial charge < -0.3 is 20.3 Å². The number of hydrogen-bond donors (Lipinski definition) is 2. The number of carbonyl (C=O) groups excluding carboxylic acids is 1. The maximum atomic E-state index is 11.9. The van der Waals surface area contributed by atoms with Crippen LogP contribution in [0.15, 0.2) is 73.1 Å². The lowest BCUT2D eigenvalue weighted by Crippen LogP contribution is -2.36. The van der Waals surface area contributed by atoms with Crippen molar-refractivity contribution in [1.29, 1.82) is 0 Å². The van der Waals surface area contributed by atoms with Crippen LogP contribution in [0.1, 0.15) is 12.5 Å². The van der Waals surface area contributed by atoms with E-state index in [0.717, 1.165) is 60.0 Å². The topological polar surface area (TPSA) is 97.2 Å². The van der Waals surface area contributed by atoms with Crippen molar-refractivity contribution < 1.29 is 9.53 Å². The summed E-state index contributed by atoms with van der Waals surface area (Å²) in [6.45, 7) is 5.45. The van der Waals surface area contributed by atoms with Crippen molar-refractivity contribution in [2.24, 2.45) is 0 Å². The first-order chi connectivity index (χ1) is 17.2. The number of hydrogen-bond acceptors (Lipinski definition) is 7. The third kappa shape index (κ3) is 5.30. The van der Waals surface area contributed by atoms with Crippen LogP contribution >= 0.6 is 0 Å². The molecule has 178 valence electrons. The zero-order chi connectivity index (χ0) is 24.0. The van der Waals surface area contributed by atoms with Gasteiger partial charge in [0.1, 0.15) is 0 Å². The molecule has 0 saturated carbocycles. The number of nitrogens with zero attached hydrogens (tertiary/aromatic N) is 5. The number of amides is 1.